The van der Waals surface area contributed by atoms with E-state index in [1.165, 1.54) is 12.1 Å². The first-order chi connectivity index (χ1) is 9.69. The van der Waals surface area contributed by atoms with E-state index in [0.29, 0.717) is 31.7 Å². The largest absolute Gasteiger partial charge is 0.329 e. The summed E-state index contributed by atoms with van der Waals surface area (Å²) < 4.78 is 26.6. The van der Waals surface area contributed by atoms with Crippen molar-refractivity contribution in [2.45, 2.75) is 13.1 Å². The van der Waals surface area contributed by atoms with Gasteiger partial charge in [-0.05, 0) is 11.6 Å². The summed E-state index contributed by atoms with van der Waals surface area (Å²) in [5.74, 6) is -1.07. The summed E-state index contributed by atoms with van der Waals surface area (Å²) in [5, 5.41) is 0. The van der Waals surface area contributed by atoms with E-state index in [1.807, 2.05) is 35.2 Å². The molecule has 0 aliphatic rings. The van der Waals surface area contributed by atoms with Gasteiger partial charge in [0.25, 0.3) is 0 Å². The first-order valence-corrected chi connectivity index (χ1v) is 6.59. The Morgan fingerprint density at radius 3 is 2.29 bits per heavy atom. The van der Waals surface area contributed by atoms with Crippen LogP contribution in [0.1, 0.15) is 11.1 Å². The Morgan fingerprint density at radius 2 is 1.67 bits per heavy atom. The molecule has 0 aliphatic heterocycles. The Balaban J connectivity index is 0.00000220. The lowest BCUT2D eigenvalue weighted by molar-refractivity contribution is 0.260. The molecule has 21 heavy (non-hydrogen) atoms. The number of halogens is 3. The molecule has 0 fully saturated rings. The number of hydrogen-bond acceptors (Lipinski definition) is 2. The lowest BCUT2D eigenvalue weighted by Gasteiger charge is -2.22. The molecule has 0 aliphatic carbocycles. The molecule has 0 amide bonds. The van der Waals surface area contributed by atoms with Crippen LogP contribution in [-0.4, -0.2) is 18.0 Å². The molecule has 0 unspecified atom stereocenters. The van der Waals surface area contributed by atoms with Crippen LogP contribution >= 0.6 is 12.4 Å². The molecule has 2 nitrogen and oxygen atoms in total. The lowest BCUT2D eigenvalue weighted by atomic mass is 10.1. The van der Waals surface area contributed by atoms with Gasteiger partial charge in [-0.25, -0.2) is 8.78 Å². The normalized spacial score (nSPS) is 10.5. The quantitative estimate of drug-likeness (QED) is 0.886. The van der Waals surface area contributed by atoms with Crippen molar-refractivity contribution in [3.05, 3.63) is 71.3 Å². The molecule has 2 rings (SSSR count). The summed E-state index contributed by atoms with van der Waals surface area (Å²) in [4.78, 5) is 2.05. The Hall–Kier alpha value is -1.49. The SMILES string of the molecule is Cl.NCCN(Cc1ccccc1)Cc1ccc(F)cc1F. The van der Waals surface area contributed by atoms with Gasteiger partial charge >= 0.3 is 0 Å². The van der Waals surface area contributed by atoms with Gasteiger partial charge in [-0.2, -0.15) is 0 Å². The highest BCUT2D eigenvalue weighted by Crippen LogP contribution is 2.14. The van der Waals surface area contributed by atoms with E-state index in [0.717, 1.165) is 11.6 Å². The van der Waals surface area contributed by atoms with Crippen molar-refractivity contribution in [1.29, 1.82) is 0 Å². The highest BCUT2D eigenvalue weighted by atomic mass is 35.5. The van der Waals surface area contributed by atoms with Crippen LogP contribution in [0.15, 0.2) is 48.5 Å². The molecule has 0 bridgehead atoms. The number of rotatable bonds is 6. The van der Waals surface area contributed by atoms with Crippen LogP contribution in [0.25, 0.3) is 0 Å². The zero-order valence-electron chi connectivity index (χ0n) is 11.6. The predicted octanol–water partition coefficient (Wildman–Crippen LogP) is 3.35. The molecule has 2 aromatic carbocycles. The molecule has 0 saturated carbocycles. The summed E-state index contributed by atoms with van der Waals surface area (Å²) >= 11 is 0. The van der Waals surface area contributed by atoms with E-state index in [9.17, 15) is 8.78 Å². The standard InChI is InChI=1S/C16H18F2N2.ClH/c17-15-7-6-14(16(18)10-15)12-20(9-8-19)11-13-4-2-1-3-5-13;/h1-7,10H,8-9,11-12,19H2;1H. The van der Waals surface area contributed by atoms with Gasteiger partial charge in [0.1, 0.15) is 11.6 Å². The van der Waals surface area contributed by atoms with Crippen LogP contribution in [0.5, 0.6) is 0 Å². The summed E-state index contributed by atoms with van der Waals surface area (Å²) in [5.41, 5.74) is 7.23. The van der Waals surface area contributed by atoms with Gasteiger partial charge in [-0.3, -0.25) is 4.90 Å². The van der Waals surface area contributed by atoms with E-state index in [1.54, 1.807) is 0 Å². The Morgan fingerprint density at radius 1 is 0.952 bits per heavy atom. The van der Waals surface area contributed by atoms with Crippen LogP contribution in [0.4, 0.5) is 8.78 Å². The Kier molecular flexibility index (Phi) is 7.29. The minimum Gasteiger partial charge on any atom is -0.329 e. The van der Waals surface area contributed by atoms with Crippen LogP contribution < -0.4 is 5.73 Å². The second-order valence-electron chi connectivity index (χ2n) is 4.72. The summed E-state index contributed by atoms with van der Waals surface area (Å²) in [7, 11) is 0. The maximum atomic E-state index is 13.7. The average molecular weight is 313 g/mol. The average Bonchev–Trinajstić information content (AvgIpc) is 2.43. The van der Waals surface area contributed by atoms with E-state index in [4.69, 9.17) is 5.73 Å². The smallest absolute Gasteiger partial charge is 0.130 e. The maximum Gasteiger partial charge on any atom is 0.130 e. The number of nitrogens with two attached hydrogens (primary N) is 1. The fourth-order valence-electron chi connectivity index (χ4n) is 2.13. The third-order valence-corrected chi connectivity index (χ3v) is 3.10. The Bertz CT molecular complexity index is 549. The van der Waals surface area contributed by atoms with Crippen molar-refractivity contribution < 1.29 is 8.78 Å². The molecule has 2 aromatic rings. The summed E-state index contributed by atoms with van der Waals surface area (Å²) in [6.07, 6.45) is 0. The maximum absolute atomic E-state index is 13.7. The highest BCUT2D eigenvalue weighted by Gasteiger charge is 2.10. The van der Waals surface area contributed by atoms with Crippen molar-refractivity contribution in [3.8, 4) is 0 Å². The fourth-order valence-corrected chi connectivity index (χ4v) is 2.13. The second-order valence-corrected chi connectivity index (χ2v) is 4.72. The first-order valence-electron chi connectivity index (χ1n) is 6.59. The van der Waals surface area contributed by atoms with Gasteiger partial charge in [-0.15, -0.1) is 12.4 Å². The predicted molar refractivity (Wildman–Crippen MR) is 83.2 cm³/mol. The monoisotopic (exact) mass is 312 g/mol. The van der Waals surface area contributed by atoms with Gasteiger partial charge < -0.3 is 5.73 Å². The molecular formula is C16H19ClF2N2. The molecule has 0 radical (unpaired) electrons. The van der Waals surface area contributed by atoms with Crippen molar-refractivity contribution in [1.82, 2.24) is 4.90 Å². The van der Waals surface area contributed by atoms with Crippen molar-refractivity contribution >= 4 is 12.4 Å². The third-order valence-electron chi connectivity index (χ3n) is 3.10. The number of nitrogens with zero attached hydrogens (tertiary/aromatic N) is 1. The highest BCUT2D eigenvalue weighted by molar-refractivity contribution is 5.85. The van der Waals surface area contributed by atoms with Crippen LogP contribution in [0, 0.1) is 11.6 Å². The van der Waals surface area contributed by atoms with E-state index in [-0.39, 0.29) is 12.4 Å². The Labute approximate surface area is 130 Å². The molecule has 114 valence electrons. The first kappa shape index (κ1) is 17.6. The molecule has 0 atom stereocenters. The third kappa shape index (κ3) is 5.42. The number of hydrogen-bond donors (Lipinski definition) is 1. The van der Waals surface area contributed by atoms with Gasteiger partial charge in [0.15, 0.2) is 0 Å². The zero-order chi connectivity index (χ0) is 14.4. The van der Waals surface area contributed by atoms with E-state index < -0.39 is 11.6 Å². The number of benzene rings is 2. The second kappa shape index (κ2) is 8.72. The van der Waals surface area contributed by atoms with E-state index in [2.05, 4.69) is 0 Å². The van der Waals surface area contributed by atoms with Crippen LogP contribution in [0.3, 0.4) is 0 Å². The zero-order valence-corrected chi connectivity index (χ0v) is 12.5. The molecule has 0 aromatic heterocycles. The fraction of sp³-hybridized carbons (Fsp3) is 0.250. The molecule has 5 heteroatoms. The van der Waals surface area contributed by atoms with Crippen molar-refractivity contribution in [3.63, 3.8) is 0 Å². The topological polar surface area (TPSA) is 29.3 Å². The van der Waals surface area contributed by atoms with E-state index >= 15 is 0 Å². The van der Waals surface area contributed by atoms with Gasteiger partial charge in [0.2, 0.25) is 0 Å². The molecule has 0 spiro atoms. The summed E-state index contributed by atoms with van der Waals surface area (Å²) in [6.45, 7) is 2.26. The van der Waals surface area contributed by atoms with Gasteiger partial charge in [0.05, 0.1) is 0 Å². The van der Waals surface area contributed by atoms with Crippen LogP contribution in [-0.2, 0) is 13.1 Å². The molecule has 0 heterocycles. The molecule has 0 saturated heterocycles. The van der Waals surface area contributed by atoms with Gasteiger partial charge in [0, 0.05) is 37.8 Å². The van der Waals surface area contributed by atoms with Crippen LogP contribution in [0.2, 0.25) is 0 Å². The molecule has 2 N–H and O–H groups in total. The van der Waals surface area contributed by atoms with Crippen molar-refractivity contribution in [2.75, 3.05) is 13.1 Å². The summed E-state index contributed by atoms with van der Waals surface area (Å²) in [6, 6.07) is 13.6. The minimum absolute atomic E-state index is 0. The minimum atomic E-state index is -0.556. The van der Waals surface area contributed by atoms with Crippen molar-refractivity contribution in [2.24, 2.45) is 5.73 Å². The van der Waals surface area contributed by atoms with Gasteiger partial charge in [-0.1, -0.05) is 36.4 Å². The lowest BCUT2D eigenvalue weighted by Crippen LogP contribution is -2.29. The molecular weight excluding hydrogens is 294 g/mol.